The smallest absolute Gasteiger partial charge is 0.0955 e. The summed E-state index contributed by atoms with van der Waals surface area (Å²) >= 11 is 0. The molecule has 0 fully saturated rings. The van der Waals surface area contributed by atoms with Gasteiger partial charge in [0, 0.05) is 11.8 Å². The van der Waals surface area contributed by atoms with Crippen molar-refractivity contribution in [2.75, 3.05) is 0 Å². The third-order valence-corrected chi connectivity index (χ3v) is 3.90. The molecule has 0 aliphatic carbocycles. The van der Waals surface area contributed by atoms with E-state index >= 15 is 0 Å². The van der Waals surface area contributed by atoms with Gasteiger partial charge in [0.1, 0.15) is 0 Å². The molecule has 2 nitrogen and oxygen atoms in total. The summed E-state index contributed by atoms with van der Waals surface area (Å²) in [6, 6.07) is 19.2. The van der Waals surface area contributed by atoms with Crippen molar-refractivity contribution in [3.05, 3.63) is 77.5 Å². The topological polar surface area (TPSA) is 28.7 Å². The molecule has 2 heteroatoms. The van der Waals surface area contributed by atoms with Crippen LogP contribution in [0, 0.1) is 0 Å². The van der Waals surface area contributed by atoms with E-state index in [-0.39, 0.29) is 0 Å². The minimum Gasteiger partial charge on any atom is -0.285 e. The van der Waals surface area contributed by atoms with Crippen molar-refractivity contribution >= 4 is 0 Å². The molecule has 0 amide bonds. The SMILES string of the molecule is CCc1c[nH]nc1-c1ccccc1CCc1ccccc1. The summed E-state index contributed by atoms with van der Waals surface area (Å²) in [4.78, 5) is 0. The van der Waals surface area contributed by atoms with E-state index < -0.39 is 0 Å². The first-order valence-electron chi connectivity index (χ1n) is 7.53. The van der Waals surface area contributed by atoms with E-state index in [1.807, 2.05) is 6.20 Å². The first-order chi connectivity index (χ1) is 10.4. The zero-order valence-electron chi connectivity index (χ0n) is 12.3. The molecule has 0 saturated heterocycles. The van der Waals surface area contributed by atoms with Crippen molar-refractivity contribution in [2.45, 2.75) is 26.2 Å². The van der Waals surface area contributed by atoms with Crippen LogP contribution in [0.1, 0.15) is 23.6 Å². The minimum atomic E-state index is 0.999. The Morgan fingerprint density at radius 1 is 0.857 bits per heavy atom. The van der Waals surface area contributed by atoms with Crippen LogP contribution in [0.25, 0.3) is 11.3 Å². The quantitative estimate of drug-likeness (QED) is 0.734. The Hall–Kier alpha value is -2.35. The van der Waals surface area contributed by atoms with Crippen LogP contribution in [0.5, 0.6) is 0 Å². The molecule has 0 atom stereocenters. The summed E-state index contributed by atoms with van der Waals surface area (Å²) in [6.45, 7) is 2.17. The molecule has 1 N–H and O–H groups in total. The Morgan fingerprint density at radius 3 is 2.43 bits per heavy atom. The standard InChI is InChI=1S/C19H20N2/c1-2-16-14-20-21-19(16)18-11-7-6-10-17(18)13-12-15-8-4-3-5-9-15/h3-11,14H,2,12-13H2,1H3,(H,20,21). The third-order valence-electron chi connectivity index (χ3n) is 3.90. The van der Waals surface area contributed by atoms with Crippen molar-refractivity contribution < 1.29 is 0 Å². The van der Waals surface area contributed by atoms with Crippen LogP contribution in [-0.4, -0.2) is 10.2 Å². The van der Waals surface area contributed by atoms with Crippen molar-refractivity contribution in [3.63, 3.8) is 0 Å². The highest BCUT2D eigenvalue weighted by Crippen LogP contribution is 2.26. The zero-order valence-corrected chi connectivity index (χ0v) is 12.3. The lowest BCUT2D eigenvalue weighted by atomic mass is 9.96. The number of benzene rings is 2. The molecule has 2 aromatic carbocycles. The lowest BCUT2D eigenvalue weighted by molar-refractivity contribution is 0.958. The first-order valence-corrected chi connectivity index (χ1v) is 7.53. The summed E-state index contributed by atoms with van der Waals surface area (Å²) in [5, 5.41) is 7.45. The van der Waals surface area contributed by atoms with Gasteiger partial charge in [-0.15, -0.1) is 0 Å². The summed E-state index contributed by atoms with van der Waals surface area (Å²) in [5.41, 5.74) is 6.38. The average molecular weight is 276 g/mol. The largest absolute Gasteiger partial charge is 0.285 e. The molecule has 21 heavy (non-hydrogen) atoms. The molecular formula is C19H20N2. The lowest BCUT2D eigenvalue weighted by Crippen LogP contribution is -1.96. The highest BCUT2D eigenvalue weighted by atomic mass is 15.1. The Balaban J connectivity index is 1.86. The molecule has 106 valence electrons. The van der Waals surface area contributed by atoms with Gasteiger partial charge in [0.05, 0.1) is 5.69 Å². The molecule has 3 aromatic rings. The maximum Gasteiger partial charge on any atom is 0.0955 e. The molecule has 0 unspecified atom stereocenters. The molecular weight excluding hydrogens is 256 g/mol. The fraction of sp³-hybridized carbons (Fsp3) is 0.211. The summed E-state index contributed by atoms with van der Waals surface area (Å²) < 4.78 is 0. The fourth-order valence-corrected chi connectivity index (χ4v) is 2.71. The van der Waals surface area contributed by atoms with Gasteiger partial charge >= 0.3 is 0 Å². The van der Waals surface area contributed by atoms with Gasteiger partial charge in [0.15, 0.2) is 0 Å². The van der Waals surface area contributed by atoms with E-state index in [4.69, 9.17) is 0 Å². The molecule has 1 heterocycles. The van der Waals surface area contributed by atoms with E-state index in [2.05, 4.69) is 71.7 Å². The van der Waals surface area contributed by atoms with Crippen molar-refractivity contribution in [3.8, 4) is 11.3 Å². The molecule has 0 aliphatic heterocycles. The molecule has 3 rings (SSSR count). The maximum absolute atomic E-state index is 4.45. The zero-order chi connectivity index (χ0) is 14.5. The van der Waals surface area contributed by atoms with Gasteiger partial charge in [-0.3, -0.25) is 5.10 Å². The van der Waals surface area contributed by atoms with E-state index in [1.54, 1.807) is 0 Å². The van der Waals surface area contributed by atoms with Crippen molar-refractivity contribution in [1.82, 2.24) is 10.2 Å². The monoisotopic (exact) mass is 276 g/mol. The Labute approximate surface area is 125 Å². The van der Waals surface area contributed by atoms with Crippen LogP contribution < -0.4 is 0 Å². The van der Waals surface area contributed by atoms with Gasteiger partial charge in [-0.1, -0.05) is 61.5 Å². The summed E-state index contributed by atoms with van der Waals surface area (Å²) in [6.07, 6.45) is 5.10. The van der Waals surface area contributed by atoms with Gasteiger partial charge in [-0.25, -0.2) is 0 Å². The van der Waals surface area contributed by atoms with Gasteiger partial charge < -0.3 is 0 Å². The van der Waals surface area contributed by atoms with Crippen LogP contribution in [0.15, 0.2) is 60.8 Å². The second kappa shape index (κ2) is 6.40. The molecule has 0 saturated carbocycles. The van der Waals surface area contributed by atoms with E-state index in [1.165, 1.54) is 22.3 Å². The van der Waals surface area contributed by atoms with Crippen LogP contribution in [0.2, 0.25) is 0 Å². The molecule has 0 spiro atoms. The number of hydrogen-bond acceptors (Lipinski definition) is 1. The number of aryl methyl sites for hydroxylation is 3. The fourth-order valence-electron chi connectivity index (χ4n) is 2.71. The van der Waals surface area contributed by atoms with Crippen LogP contribution in [0.4, 0.5) is 0 Å². The number of nitrogens with one attached hydrogen (secondary N) is 1. The average Bonchev–Trinajstić information content (AvgIpc) is 3.02. The first kappa shape index (κ1) is 13.6. The van der Waals surface area contributed by atoms with Gasteiger partial charge in [-0.05, 0) is 36.0 Å². The Kier molecular flexibility index (Phi) is 4.15. The maximum atomic E-state index is 4.45. The van der Waals surface area contributed by atoms with Crippen molar-refractivity contribution in [2.24, 2.45) is 0 Å². The van der Waals surface area contributed by atoms with Crippen LogP contribution in [-0.2, 0) is 19.3 Å². The second-order valence-corrected chi connectivity index (χ2v) is 5.26. The number of H-pyrrole nitrogens is 1. The Bertz CT molecular complexity index is 698. The third kappa shape index (κ3) is 3.05. The summed E-state index contributed by atoms with van der Waals surface area (Å²) in [5.74, 6) is 0. The number of aromatic amines is 1. The number of hydrogen-bond donors (Lipinski definition) is 1. The number of aromatic nitrogens is 2. The molecule has 0 bridgehead atoms. The minimum absolute atomic E-state index is 0.999. The Morgan fingerprint density at radius 2 is 1.62 bits per heavy atom. The van der Waals surface area contributed by atoms with Gasteiger partial charge in [0.25, 0.3) is 0 Å². The number of nitrogens with zero attached hydrogens (tertiary/aromatic N) is 1. The van der Waals surface area contributed by atoms with E-state index in [9.17, 15) is 0 Å². The van der Waals surface area contributed by atoms with Crippen LogP contribution in [0.3, 0.4) is 0 Å². The highest BCUT2D eigenvalue weighted by Gasteiger charge is 2.11. The predicted octanol–water partition coefficient (Wildman–Crippen LogP) is 4.42. The van der Waals surface area contributed by atoms with Crippen molar-refractivity contribution in [1.29, 1.82) is 0 Å². The normalized spacial score (nSPS) is 10.7. The van der Waals surface area contributed by atoms with Gasteiger partial charge in [-0.2, -0.15) is 5.10 Å². The highest BCUT2D eigenvalue weighted by molar-refractivity contribution is 5.66. The van der Waals surface area contributed by atoms with Crippen LogP contribution >= 0.6 is 0 Å². The predicted molar refractivity (Wildman–Crippen MR) is 87.3 cm³/mol. The lowest BCUT2D eigenvalue weighted by Gasteiger charge is -2.09. The number of rotatable bonds is 5. The molecule has 0 radical (unpaired) electrons. The van der Waals surface area contributed by atoms with Gasteiger partial charge in [0.2, 0.25) is 0 Å². The van der Waals surface area contributed by atoms with E-state index in [0.717, 1.165) is 25.0 Å². The molecule has 0 aliphatic rings. The van der Waals surface area contributed by atoms with E-state index in [0.29, 0.717) is 0 Å². The second-order valence-electron chi connectivity index (χ2n) is 5.26. The molecule has 1 aromatic heterocycles. The summed E-state index contributed by atoms with van der Waals surface area (Å²) in [7, 11) is 0.